The quantitative estimate of drug-likeness (QED) is 0.426. The summed E-state index contributed by atoms with van der Waals surface area (Å²) < 4.78 is 30.7. The second-order valence-electron chi connectivity index (χ2n) is 8.56. The van der Waals surface area contributed by atoms with Crippen LogP contribution in [0.2, 0.25) is 5.02 Å². The highest BCUT2D eigenvalue weighted by Crippen LogP contribution is 2.23. The van der Waals surface area contributed by atoms with Crippen LogP contribution in [0.1, 0.15) is 44.6 Å². The molecule has 1 atom stereocenters. The highest BCUT2D eigenvalue weighted by Gasteiger charge is 2.21. The van der Waals surface area contributed by atoms with E-state index < -0.39 is 10.0 Å². The van der Waals surface area contributed by atoms with Crippen molar-refractivity contribution in [3.05, 3.63) is 62.7 Å². The van der Waals surface area contributed by atoms with Crippen LogP contribution in [0, 0.1) is 0 Å². The van der Waals surface area contributed by atoms with Crippen LogP contribution in [0.5, 0.6) is 0 Å². The van der Waals surface area contributed by atoms with Crippen LogP contribution in [-0.2, 0) is 16.6 Å². The van der Waals surface area contributed by atoms with Gasteiger partial charge in [0, 0.05) is 17.6 Å². The molecule has 1 saturated heterocycles. The van der Waals surface area contributed by atoms with Crippen molar-refractivity contribution in [2.75, 3.05) is 19.6 Å². The third kappa shape index (κ3) is 5.87. The lowest BCUT2D eigenvalue weighted by Gasteiger charge is -2.35. The van der Waals surface area contributed by atoms with Gasteiger partial charge in [-0.1, -0.05) is 48.4 Å². The molecule has 33 heavy (non-hydrogen) atoms. The monoisotopic (exact) mass is 507 g/mol. The Labute approximate surface area is 204 Å². The molecular formula is C24H30ClN3O3S2. The van der Waals surface area contributed by atoms with Crippen molar-refractivity contribution in [1.82, 2.24) is 14.2 Å². The number of aromatic nitrogens is 1. The zero-order valence-electron chi connectivity index (χ0n) is 18.8. The van der Waals surface area contributed by atoms with E-state index in [1.807, 2.05) is 12.1 Å². The Bertz CT molecular complexity index is 1250. The molecule has 6 nitrogen and oxygen atoms in total. The van der Waals surface area contributed by atoms with E-state index in [1.54, 1.807) is 34.9 Å². The Balaban J connectivity index is 1.42. The third-order valence-corrected chi connectivity index (χ3v) is 8.99. The molecule has 1 aromatic heterocycles. The van der Waals surface area contributed by atoms with Gasteiger partial charge in [0.1, 0.15) is 0 Å². The number of hydrogen-bond acceptors (Lipinski definition) is 5. The number of halogens is 1. The first-order chi connectivity index (χ1) is 15.9. The molecule has 0 spiro atoms. The summed E-state index contributed by atoms with van der Waals surface area (Å²) in [7, 11) is -3.63. The van der Waals surface area contributed by atoms with Crippen molar-refractivity contribution in [3.63, 3.8) is 0 Å². The Hall–Kier alpha value is -1.71. The molecule has 0 saturated carbocycles. The average molecular weight is 508 g/mol. The van der Waals surface area contributed by atoms with Crippen LogP contribution in [0.25, 0.3) is 10.2 Å². The lowest BCUT2D eigenvalue weighted by atomic mass is 10.00. The van der Waals surface area contributed by atoms with Gasteiger partial charge < -0.3 is 4.90 Å². The maximum absolute atomic E-state index is 12.8. The first-order valence-corrected chi connectivity index (χ1v) is 14.2. The number of fused-ring (bicyclic) bond motifs is 1. The standard InChI is InChI=1S/C24H30ClN3O3S2/c1-2-20-6-3-4-14-27(20)15-5-13-26-33(30,31)21-11-12-22-23(16-21)32-24(29)28(22)17-18-7-9-19(25)10-8-18/h7-12,16,20,26H,2-6,13-15,17H2,1H3. The number of hydrogen-bond donors (Lipinski definition) is 1. The summed E-state index contributed by atoms with van der Waals surface area (Å²) in [4.78, 5) is 15.1. The van der Waals surface area contributed by atoms with Gasteiger partial charge in [-0.05, 0) is 74.7 Å². The van der Waals surface area contributed by atoms with Crippen molar-refractivity contribution in [2.45, 2.75) is 56.5 Å². The summed E-state index contributed by atoms with van der Waals surface area (Å²) in [5.74, 6) is 0. The van der Waals surface area contributed by atoms with E-state index in [-0.39, 0.29) is 9.77 Å². The smallest absolute Gasteiger partial charge is 0.300 e. The predicted molar refractivity (Wildman–Crippen MR) is 136 cm³/mol. The fraction of sp³-hybridized carbons (Fsp3) is 0.458. The summed E-state index contributed by atoms with van der Waals surface area (Å²) in [6.45, 7) is 5.05. The van der Waals surface area contributed by atoms with Gasteiger partial charge >= 0.3 is 4.87 Å². The first-order valence-electron chi connectivity index (χ1n) is 11.5. The predicted octanol–water partition coefficient (Wildman–Crippen LogP) is 4.70. The summed E-state index contributed by atoms with van der Waals surface area (Å²) in [6, 6.07) is 12.9. The molecule has 0 amide bonds. The molecule has 1 unspecified atom stereocenters. The molecule has 2 heterocycles. The van der Waals surface area contributed by atoms with E-state index >= 15 is 0 Å². The van der Waals surface area contributed by atoms with Crippen LogP contribution in [-0.4, -0.2) is 43.6 Å². The summed E-state index contributed by atoms with van der Waals surface area (Å²) in [6.07, 6.45) is 5.68. The lowest BCUT2D eigenvalue weighted by molar-refractivity contribution is 0.143. The Kier molecular flexibility index (Phi) is 7.91. The Morgan fingerprint density at radius 1 is 1.15 bits per heavy atom. The lowest BCUT2D eigenvalue weighted by Crippen LogP contribution is -2.40. The van der Waals surface area contributed by atoms with Crippen molar-refractivity contribution in [1.29, 1.82) is 0 Å². The maximum atomic E-state index is 12.8. The second kappa shape index (κ2) is 10.7. The van der Waals surface area contributed by atoms with E-state index in [0.29, 0.717) is 28.9 Å². The van der Waals surface area contributed by atoms with E-state index in [4.69, 9.17) is 11.6 Å². The van der Waals surface area contributed by atoms with Gasteiger partial charge in [-0.25, -0.2) is 13.1 Å². The number of nitrogens with zero attached hydrogens (tertiary/aromatic N) is 2. The zero-order valence-corrected chi connectivity index (χ0v) is 21.2. The van der Waals surface area contributed by atoms with Crippen molar-refractivity contribution in [2.24, 2.45) is 0 Å². The van der Waals surface area contributed by atoms with Crippen LogP contribution in [0.3, 0.4) is 0 Å². The van der Waals surface area contributed by atoms with E-state index in [1.165, 1.54) is 19.3 Å². The molecule has 178 valence electrons. The first kappa shape index (κ1) is 24.4. The average Bonchev–Trinajstić information content (AvgIpc) is 3.12. The van der Waals surface area contributed by atoms with E-state index in [9.17, 15) is 13.2 Å². The highest BCUT2D eigenvalue weighted by molar-refractivity contribution is 7.89. The minimum atomic E-state index is -3.63. The molecule has 9 heteroatoms. The molecule has 2 aromatic carbocycles. The fourth-order valence-electron chi connectivity index (χ4n) is 4.52. The van der Waals surface area contributed by atoms with Crippen LogP contribution in [0.4, 0.5) is 0 Å². The topological polar surface area (TPSA) is 71.4 Å². The van der Waals surface area contributed by atoms with E-state index in [2.05, 4.69) is 16.5 Å². The van der Waals surface area contributed by atoms with Gasteiger partial charge in [-0.3, -0.25) is 9.36 Å². The molecule has 4 rings (SSSR count). The molecule has 0 radical (unpaired) electrons. The van der Waals surface area contributed by atoms with Gasteiger partial charge in [-0.2, -0.15) is 0 Å². The van der Waals surface area contributed by atoms with Crippen molar-refractivity contribution in [3.8, 4) is 0 Å². The number of thiazole rings is 1. The molecular weight excluding hydrogens is 478 g/mol. The summed E-state index contributed by atoms with van der Waals surface area (Å²) in [5.41, 5.74) is 1.69. The zero-order chi connectivity index (χ0) is 23.4. The maximum Gasteiger partial charge on any atom is 0.308 e. The molecule has 0 bridgehead atoms. The number of likely N-dealkylation sites (tertiary alicyclic amines) is 1. The number of nitrogens with one attached hydrogen (secondary N) is 1. The SMILES string of the molecule is CCC1CCCCN1CCCNS(=O)(=O)c1ccc2c(c1)sc(=O)n2Cc1ccc(Cl)cc1. The van der Waals surface area contributed by atoms with Crippen molar-refractivity contribution < 1.29 is 8.42 Å². The summed E-state index contributed by atoms with van der Waals surface area (Å²) >= 11 is 7.01. The van der Waals surface area contributed by atoms with Crippen molar-refractivity contribution >= 4 is 43.2 Å². The molecule has 3 aromatic rings. The van der Waals surface area contributed by atoms with Crippen LogP contribution < -0.4 is 9.60 Å². The summed E-state index contributed by atoms with van der Waals surface area (Å²) in [5, 5.41) is 0.643. The molecule has 1 fully saturated rings. The Morgan fingerprint density at radius 2 is 1.94 bits per heavy atom. The van der Waals surface area contributed by atoms with Gasteiger partial charge in [0.05, 0.1) is 21.7 Å². The third-order valence-electron chi connectivity index (χ3n) is 6.34. The van der Waals surface area contributed by atoms with Gasteiger partial charge in [0.15, 0.2) is 0 Å². The minimum absolute atomic E-state index is 0.116. The minimum Gasteiger partial charge on any atom is -0.300 e. The molecule has 1 aliphatic heterocycles. The number of benzene rings is 2. The molecule has 1 aliphatic rings. The second-order valence-corrected chi connectivity index (χ2v) is 11.8. The van der Waals surface area contributed by atoms with Gasteiger partial charge in [0.2, 0.25) is 10.0 Å². The normalized spacial score (nSPS) is 17.6. The number of sulfonamides is 1. The largest absolute Gasteiger partial charge is 0.308 e. The highest BCUT2D eigenvalue weighted by atomic mass is 35.5. The number of rotatable bonds is 9. The molecule has 1 N–H and O–H groups in total. The fourth-order valence-corrected chi connectivity index (χ4v) is 6.76. The van der Waals surface area contributed by atoms with Gasteiger partial charge in [-0.15, -0.1) is 0 Å². The van der Waals surface area contributed by atoms with Crippen LogP contribution in [0.15, 0.2) is 52.2 Å². The Morgan fingerprint density at radius 3 is 2.70 bits per heavy atom. The van der Waals surface area contributed by atoms with E-state index in [0.717, 1.165) is 48.3 Å². The molecule has 0 aliphatic carbocycles. The number of piperidine rings is 1. The van der Waals surface area contributed by atoms with Crippen LogP contribution >= 0.6 is 22.9 Å². The van der Waals surface area contributed by atoms with Gasteiger partial charge in [0.25, 0.3) is 0 Å².